The minimum absolute atomic E-state index is 0.895. The van der Waals surface area contributed by atoms with Crippen LogP contribution in [-0.4, -0.2) is 0 Å². The van der Waals surface area contributed by atoms with Crippen molar-refractivity contribution >= 4 is 43.3 Å². The van der Waals surface area contributed by atoms with E-state index in [0.29, 0.717) is 0 Å². The van der Waals surface area contributed by atoms with Gasteiger partial charge in [-0.25, -0.2) is 0 Å². The smallest absolute Gasteiger partial charge is 0.143 e. The molecule has 9 aromatic rings. The van der Waals surface area contributed by atoms with Crippen molar-refractivity contribution in [2.24, 2.45) is 0 Å². The molecule has 0 amide bonds. The van der Waals surface area contributed by atoms with Crippen molar-refractivity contribution in [2.75, 3.05) is 0 Å². The van der Waals surface area contributed by atoms with Crippen molar-refractivity contribution in [3.63, 3.8) is 0 Å². The summed E-state index contributed by atoms with van der Waals surface area (Å²) in [5.74, 6) is 0.905. The molecule has 200 valence electrons. The Morgan fingerprint density at radius 3 is 1.47 bits per heavy atom. The maximum atomic E-state index is 6.57. The molecule has 0 spiro atoms. The van der Waals surface area contributed by atoms with Gasteiger partial charge in [0.1, 0.15) is 11.3 Å². The highest BCUT2D eigenvalue weighted by molar-refractivity contribution is 6.27. The Bertz CT molecular complexity index is 2420. The van der Waals surface area contributed by atoms with Gasteiger partial charge in [0, 0.05) is 16.5 Å². The number of furan rings is 1. The lowest BCUT2D eigenvalue weighted by Gasteiger charge is -2.16. The number of hydrogen-bond donors (Lipinski definition) is 0. The largest absolute Gasteiger partial charge is 0.455 e. The maximum absolute atomic E-state index is 6.57. The van der Waals surface area contributed by atoms with E-state index >= 15 is 0 Å². The molecule has 8 aromatic carbocycles. The Balaban J connectivity index is 1.31. The average molecular weight is 547 g/mol. The predicted octanol–water partition coefficient (Wildman–Crippen LogP) is 12.0. The average Bonchev–Trinajstić information content (AvgIpc) is 3.47. The second-order valence-corrected chi connectivity index (χ2v) is 11.3. The lowest BCUT2D eigenvalue weighted by atomic mass is 9.87. The number of rotatable bonds is 4. The molecule has 1 nitrogen and oxygen atoms in total. The zero-order valence-corrected chi connectivity index (χ0v) is 23.4. The normalized spacial score (nSPS) is 11.7. The highest BCUT2D eigenvalue weighted by Gasteiger charge is 2.20. The van der Waals surface area contributed by atoms with E-state index < -0.39 is 0 Å². The summed E-state index contributed by atoms with van der Waals surface area (Å²) in [5.41, 5.74) is 9.20. The third-order valence-electron chi connectivity index (χ3n) is 8.85. The fraction of sp³-hybridized carbons (Fsp3) is 0. The topological polar surface area (TPSA) is 13.1 Å². The van der Waals surface area contributed by atoms with Crippen LogP contribution in [0.2, 0.25) is 0 Å². The van der Waals surface area contributed by atoms with Gasteiger partial charge >= 0.3 is 0 Å². The van der Waals surface area contributed by atoms with E-state index in [1.807, 2.05) is 6.07 Å². The van der Waals surface area contributed by atoms with Crippen LogP contribution in [0.15, 0.2) is 162 Å². The summed E-state index contributed by atoms with van der Waals surface area (Å²) >= 11 is 0. The molecule has 0 fully saturated rings. The summed E-state index contributed by atoms with van der Waals surface area (Å²) in [4.78, 5) is 0. The summed E-state index contributed by atoms with van der Waals surface area (Å²) in [6, 6.07) is 56.6. The van der Waals surface area contributed by atoms with Gasteiger partial charge in [0.15, 0.2) is 0 Å². The third kappa shape index (κ3) is 3.72. The fourth-order valence-electron chi connectivity index (χ4n) is 6.87. The van der Waals surface area contributed by atoms with Crippen LogP contribution < -0.4 is 0 Å². The van der Waals surface area contributed by atoms with Crippen molar-refractivity contribution in [3.05, 3.63) is 158 Å². The van der Waals surface area contributed by atoms with Gasteiger partial charge in [0.25, 0.3) is 0 Å². The Kier molecular flexibility index (Phi) is 5.27. The molecule has 0 aliphatic carbocycles. The molecule has 43 heavy (non-hydrogen) atoms. The van der Waals surface area contributed by atoms with Crippen LogP contribution in [0.25, 0.3) is 88.0 Å². The highest BCUT2D eigenvalue weighted by Crippen LogP contribution is 2.45. The molecule has 9 rings (SSSR count). The zero-order valence-electron chi connectivity index (χ0n) is 23.4. The third-order valence-corrected chi connectivity index (χ3v) is 8.85. The molecule has 0 saturated carbocycles. The summed E-state index contributed by atoms with van der Waals surface area (Å²) in [6.45, 7) is 0. The molecule has 1 heteroatoms. The maximum Gasteiger partial charge on any atom is 0.143 e. The van der Waals surface area contributed by atoms with E-state index in [2.05, 4.69) is 152 Å². The zero-order chi connectivity index (χ0) is 28.3. The molecule has 0 saturated heterocycles. The molecular formula is C42H26O. The van der Waals surface area contributed by atoms with Crippen LogP contribution in [-0.2, 0) is 0 Å². The van der Waals surface area contributed by atoms with Crippen LogP contribution in [0.3, 0.4) is 0 Å². The molecule has 1 aromatic heterocycles. The Hall–Kier alpha value is -5.66. The summed E-state index contributed by atoms with van der Waals surface area (Å²) in [7, 11) is 0. The van der Waals surface area contributed by atoms with Crippen LogP contribution in [0, 0.1) is 0 Å². The van der Waals surface area contributed by atoms with Gasteiger partial charge in [-0.3, -0.25) is 0 Å². The van der Waals surface area contributed by atoms with Gasteiger partial charge in [-0.15, -0.1) is 0 Å². The summed E-state index contributed by atoms with van der Waals surface area (Å²) in [6.07, 6.45) is 0. The molecule has 0 atom stereocenters. The summed E-state index contributed by atoms with van der Waals surface area (Å²) < 4.78 is 6.57. The second kappa shape index (κ2) is 9.44. The van der Waals surface area contributed by atoms with E-state index in [0.717, 1.165) is 33.4 Å². The van der Waals surface area contributed by atoms with Crippen molar-refractivity contribution in [2.45, 2.75) is 0 Å². The van der Waals surface area contributed by atoms with E-state index in [1.54, 1.807) is 0 Å². The Morgan fingerprint density at radius 2 is 0.860 bits per heavy atom. The van der Waals surface area contributed by atoms with E-state index in [4.69, 9.17) is 4.42 Å². The van der Waals surface area contributed by atoms with Crippen molar-refractivity contribution in [1.29, 1.82) is 0 Å². The van der Waals surface area contributed by atoms with Crippen molar-refractivity contribution in [1.82, 2.24) is 0 Å². The lowest BCUT2D eigenvalue weighted by molar-refractivity contribution is 0.632. The van der Waals surface area contributed by atoms with Crippen molar-refractivity contribution in [3.8, 4) is 44.7 Å². The van der Waals surface area contributed by atoms with Gasteiger partial charge < -0.3 is 4.42 Å². The lowest BCUT2D eigenvalue weighted by Crippen LogP contribution is -1.89. The Morgan fingerprint density at radius 1 is 0.349 bits per heavy atom. The highest BCUT2D eigenvalue weighted by atomic mass is 16.3. The minimum atomic E-state index is 0.895. The first-order valence-electron chi connectivity index (χ1n) is 14.8. The standard InChI is InChI=1S/C42H26O/c1-4-10-27(11-5-1)33-21-16-29-19-24-36-34(22-17-30-18-23-35(33)39(29)40(30)36)32-20-25-38-37(26-32)41(28-12-6-2-7-13-28)42(43-38)31-14-8-3-9-15-31/h1-26H. The van der Waals surface area contributed by atoms with Gasteiger partial charge in [0.05, 0.1) is 0 Å². The van der Waals surface area contributed by atoms with Crippen LogP contribution in [0.1, 0.15) is 0 Å². The first-order valence-corrected chi connectivity index (χ1v) is 14.8. The molecule has 0 aliphatic rings. The van der Waals surface area contributed by atoms with Crippen LogP contribution in [0.4, 0.5) is 0 Å². The van der Waals surface area contributed by atoms with Crippen LogP contribution in [0.5, 0.6) is 0 Å². The monoisotopic (exact) mass is 546 g/mol. The SMILES string of the molecule is c1ccc(-c2oc3ccc(-c4ccc5ccc6c(-c7ccccc7)ccc7ccc4c5c76)cc3c2-c2ccccc2)cc1. The minimum Gasteiger partial charge on any atom is -0.455 e. The van der Waals surface area contributed by atoms with Gasteiger partial charge in [-0.2, -0.15) is 0 Å². The fourth-order valence-corrected chi connectivity index (χ4v) is 6.87. The van der Waals surface area contributed by atoms with E-state index in [9.17, 15) is 0 Å². The number of benzene rings is 8. The molecular weight excluding hydrogens is 520 g/mol. The molecule has 0 N–H and O–H groups in total. The van der Waals surface area contributed by atoms with E-state index in [1.165, 1.54) is 54.6 Å². The van der Waals surface area contributed by atoms with Gasteiger partial charge in [0.2, 0.25) is 0 Å². The van der Waals surface area contributed by atoms with E-state index in [-0.39, 0.29) is 0 Å². The molecule has 1 heterocycles. The second-order valence-electron chi connectivity index (χ2n) is 11.3. The van der Waals surface area contributed by atoms with Crippen molar-refractivity contribution < 1.29 is 4.42 Å². The first-order chi connectivity index (χ1) is 21.3. The quantitative estimate of drug-likeness (QED) is 0.200. The summed E-state index contributed by atoms with van der Waals surface area (Å²) in [5, 5.41) is 8.89. The van der Waals surface area contributed by atoms with Crippen LogP contribution >= 0.6 is 0 Å². The predicted molar refractivity (Wildman–Crippen MR) is 182 cm³/mol. The van der Waals surface area contributed by atoms with Gasteiger partial charge in [-0.1, -0.05) is 146 Å². The first kappa shape index (κ1) is 24.0. The molecule has 0 bridgehead atoms. The molecule has 0 radical (unpaired) electrons. The molecule has 0 unspecified atom stereocenters. The van der Waals surface area contributed by atoms with Gasteiger partial charge in [-0.05, 0) is 72.3 Å². The number of fused-ring (bicyclic) bond motifs is 1. The molecule has 0 aliphatic heterocycles. The number of hydrogen-bond acceptors (Lipinski definition) is 1. The Labute approximate surface area is 249 Å².